The highest BCUT2D eigenvalue weighted by Gasteiger charge is 2.39. The second-order valence-electron chi connectivity index (χ2n) is 6.87. The van der Waals surface area contributed by atoms with Crippen LogP contribution in [-0.2, 0) is 9.59 Å². The van der Waals surface area contributed by atoms with Crippen LogP contribution in [0.1, 0.15) is 55.3 Å². The molecule has 0 N–H and O–H groups in total. The van der Waals surface area contributed by atoms with E-state index >= 15 is 0 Å². The molecule has 0 aromatic heterocycles. The van der Waals surface area contributed by atoms with E-state index in [0.29, 0.717) is 0 Å². The van der Waals surface area contributed by atoms with Crippen molar-refractivity contribution in [1.29, 1.82) is 0 Å². The van der Waals surface area contributed by atoms with E-state index in [0.717, 1.165) is 9.80 Å². The van der Waals surface area contributed by atoms with E-state index in [1.807, 2.05) is 0 Å². The molecule has 4 amide bonds. The first kappa shape index (κ1) is 17.7. The second-order valence-corrected chi connectivity index (χ2v) is 6.87. The number of rotatable bonds is 4. The number of imide groups is 2. The first-order chi connectivity index (χ1) is 13.2. The van der Waals surface area contributed by atoms with E-state index in [-0.39, 0.29) is 57.7 Å². The molecule has 0 spiro atoms. The van der Waals surface area contributed by atoms with Gasteiger partial charge in [-0.1, -0.05) is 0 Å². The summed E-state index contributed by atoms with van der Waals surface area (Å²) in [6.45, 7) is 1.84. The zero-order chi connectivity index (χ0) is 20.3. The van der Waals surface area contributed by atoms with Gasteiger partial charge in [-0.15, -0.1) is 0 Å². The molecule has 0 aliphatic carbocycles. The number of hydrogen-bond acceptors (Lipinski definition) is 6. The number of benzene rings is 2. The van der Waals surface area contributed by atoms with Crippen LogP contribution in [0, 0.1) is 0 Å². The maximum absolute atomic E-state index is 12.8. The Hall–Kier alpha value is -3.68. The van der Waals surface area contributed by atoms with Crippen molar-refractivity contribution in [2.24, 2.45) is 0 Å². The highest BCUT2D eigenvalue weighted by Crippen LogP contribution is 2.37. The highest BCUT2D eigenvalue weighted by molar-refractivity contribution is 6.33. The standard InChI is InChI=1S/C20H14N2O6/c1-9(23)7-21-17(25)11-3-5-13-16-14(6-4-12(15(11)16)18(21)26)20(28)22(19(13)27)8-10(2)24/h3-6H,7-8H2,1-2H3. The monoisotopic (exact) mass is 378 g/mol. The lowest BCUT2D eigenvalue weighted by atomic mass is 9.86. The minimum absolute atomic E-state index is 0.150. The van der Waals surface area contributed by atoms with Gasteiger partial charge in [-0.2, -0.15) is 0 Å². The summed E-state index contributed by atoms with van der Waals surface area (Å²) < 4.78 is 0. The van der Waals surface area contributed by atoms with Crippen molar-refractivity contribution in [2.75, 3.05) is 13.1 Å². The molecule has 8 nitrogen and oxygen atoms in total. The molecule has 2 aliphatic rings. The zero-order valence-corrected chi connectivity index (χ0v) is 15.1. The summed E-state index contributed by atoms with van der Waals surface area (Å²) in [6, 6.07) is 5.64. The number of carbonyl (C=O) groups is 6. The van der Waals surface area contributed by atoms with Crippen LogP contribution in [0.5, 0.6) is 0 Å². The van der Waals surface area contributed by atoms with Crippen LogP contribution < -0.4 is 0 Å². The second kappa shape index (κ2) is 5.91. The lowest BCUT2D eigenvalue weighted by Gasteiger charge is -2.31. The lowest BCUT2D eigenvalue weighted by molar-refractivity contribution is -0.118. The van der Waals surface area contributed by atoms with Gasteiger partial charge in [0.1, 0.15) is 11.6 Å². The lowest BCUT2D eigenvalue weighted by Crippen LogP contribution is -2.45. The van der Waals surface area contributed by atoms with Gasteiger partial charge in [0.2, 0.25) is 0 Å². The van der Waals surface area contributed by atoms with E-state index in [2.05, 4.69) is 0 Å². The third kappa shape index (κ3) is 2.31. The normalized spacial score (nSPS) is 15.5. The van der Waals surface area contributed by atoms with Crippen molar-refractivity contribution in [2.45, 2.75) is 13.8 Å². The fraction of sp³-hybridized carbons (Fsp3) is 0.200. The Bertz CT molecular complexity index is 1000. The van der Waals surface area contributed by atoms with E-state index in [4.69, 9.17) is 0 Å². The highest BCUT2D eigenvalue weighted by atomic mass is 16.2. The molecule has 0 fully saturated rings. The average molecular weight is 378 g/mol. The first-order valence-corrected chi connectivity index (χ1v) is 8.53. The molecule has 2 aliphatic heterocycles. The van der Waals surface area contributed by atoms with Crippen molar-refractivity contribution in [3.05, 3.63) is 46.5 Å². The van der Waals surface area contributed by atoms with Crippen LogP contribution in [0.3, 0.4) is 0 Å². The van der Waals surface area contributed by atoms with Crippen LogP contribution in [0.4, 0.5) is 0 Å². The fourth-order valence-corrected chi connectivity index (χ4v) is 3.71. The molecule has 0 saturated heterocycles. The van der Waals surface area contributed by atoms with E-state index in [1.54, 1.807) is 0 Å². The molecule has 4 rings (SSSR count). The Kier molecular flexibility index (Phi) is 3.74. The molecule has 0 radical (unpaired) electrons. The van der Waals surface area contributed by atoms with Crippen molar-refractivity contribution >= 4 is 46.0 Å². The molecular weight excluding hydrogens is 364 g/mol. The largest absolute Gasteiger partial charge is 0.298 e. The summed E-state index contributed by atoms with van der Waals surface area (Å²) in [7, 11) is 0. The van der Waals surface area contributed by atoms with Crippen molar-refractivity contribution in [3.63, 3.8) is 0 Å². The summed E-state index contributed by atoms with van der Waals surface area (Å²) in [6.07, 6.45) is 0. The molecule has 0 bridgehead atoms. The Morgan fingerprint density at radius 1 is 0.607 bits per heavy atom. The molecule has 0 unspecified atom stereocenters. The number of carbonyl (C=O) groups excluding carboxylic acids is 6. The predicted molar refractivity (Wildman–Crippen MR) is 96.0 cm³/mol. The van der Waals surface area contributed by atoms with Gasteiger partial charge in [0.15, 0.2) is 0 Å². The predicted octanol–water partition coefficient (Wildman–Crippen LogP) is 1.21. The van der Waals surface area contributed by atoms with Gasteiger partial charge in [-0.3, -0.25) is 38.6 Å². The molecule has 2 aromatic carbocycles. The molecule has 2 heterocycles. The van der Waals surface area contributed by atoms with Crippen molar-refractivity contribution in [1.82, 2.24) is 9.80 Å². The van der Waals surface area contributed by atoms with E-state index < -0.39 is 23.6 Å². The smallest absolute Gasteiger partial charge is 0.261 e. The van der Waals surface area contributed by atoms with Crippen LogP contribution in [0.15, 0.2) is 24.3 Å². The summed E-state index contributed by atoms with van der Waals surface area (Å²) in [5.41, 5.74) is 0.600. The summed E-state index contributed by atoms with van der Waals surface area (Å²) in [5.74, 6) is -3.29. The molecular formula is C20H14N2O6. The Morgan fingerprint density at radius 2 is 0.857 bits per heavy atom. The summed E-state index contributed by atoms with van der Waals surface area (Å²) in [4.78, 5) is 75.8. The Labute approximate surface area is 158 Å². The SMILES string of the molecule is CC(=O)CN1C(=O)c2ccc3c4c(ccc(c24)C1=O)C(=O)N(CC(C)=O)C3=O. The number of nitrogens with zero attached hydrogens (tertiary/aromatic N) is 2. The van der Waals surface area contributed by atoms with Crippen molar-refractivity contribution in [3.8, 4) is 0 Å². The molecule has 140 valence electrons. The third-order valence-electron chi connectivity index (χ3n) is 4.82. The summed E-state index contributed by atoms with van der Waals surface area (Å²) >= 11 is 0. The maximum Gasteiger partial charge on any atom is 0.261 e. The van der Waals surface area contributed by atoms with Crippen LogP contribution >= 0.6 is 0 Å². The molecule has 28 heavy (non-hydrogen) atoms. The average Bonchev–Trinajstić information content (AvgIpc) is 2.64. The Balaban J connectivity index is 1.98. The first-order valence-electron chi connectivity index (χ1n) is 8.53. The summed E-state index contributed by atoms with van der Waals surface area (Å²) in [5, 5.41) is 0.461. The number of ketones is 2. The van der Waals surface area contributed by atoms with Gasteiger partial charge in [-0.25, -0.2) is 0 Å². The Morgan fingerprint density at radius 3 is 1.07 bits per heavy atom. The maximum atomic E-state index is 12.8. The van der Waals surface area contributed by atoms with Gasteiger partial charge in [0.05, 0.1) is 13.1 Å². The fourth-order valence-electron chi connectivity index (χ4n) is 3.71. The van der Waals surface area contributed by atoms with Crippen LogP contribution in [0.2, 0.25) is 0 Å². The van der Waals surface area contributed by atoms with Gasteiger partial charge >= 0.3 is 0 Å². The van der Waals surface area contributed by atoms with E-state index in [1.165, 1.54) is 38.1 Å². The zero-order valence-electron chi connectivity index (χ0n) is 15.1. The molecule has 0 atom stereocenters. The molecule has 0 saturated carbocycles. The van der Waals surface area contributed by atoms with Crippen LogP contribution in [-0.4, -0.2) is 58.1 Å². The van der Waals surface area contributed by atoms with Gasteiger partial charge < -0.3 is 0 Å². The van der Waals surface area contributed by atoms with Crippen LogP contribution in [0.25, 0.3) is 10.8 Å². The van der Waals surface area contributed by atoms with Gasteiger partial charge in [0.25, 0.3) is 23.6 Å². The topological polar surface area (TPSA) is 109 Å². The number of amides is 4. The van der Waals surface area contributed by atoms with Gasteiger partial charge in [0, 0.05) is 33.0 Å². The van der Waals surface area contributed by atoms with Crippen molar-refractivity contribution < 1.29 is 28.8 Å². The minimum atomic E-state index is -0.650. The number of Topliss-reactive ketones (excluding diaryl/α,β-unsaturated/α-hetero) is 2. The molecule has 2 aromatic rings. The molecule has 8 heteroatoms. The number of hydrogen-bond donors (Lipinski definition) is 0. The minimum Gasteiger partial charge on any atom is -0.298 e. The third-order valence-corrected chi connectivity index (χ3v) is 4.82. The quantitative estimate of drug-likeness (QED) is 0.740. The van der Waals surface area contributed by atoms with E-state index in [9.17, 15) is 28.8 Å². The van der Waals surface area contributed by atoms with Gasteiger partial charge in [-0.05, 0) is 38.1 Å².